The Morgan fingerprint density at radius 1 is 1.00 bits per heavy atom. The number of rotatable bonds is 6. The lowest BCUT2D eigenvalue weighted by Gasteiger charge is -2.16. The van der Waals surface area contributed by atoms with Crippen LogP contribution in [0, 0.1) is 0 Å². The van der Waals surface area contributed by atoms with Gasteiger partial charge in [0, 0.05) is 23.4 Å². The third-order valence-electron chi connectivity index (χ3n) is 4.87. The van der Waals surface area contributed by atoms with Crippen molar-refractivity contribution in [1.82, 2.24) is 0 Å². The van der Waals surface area contributed by atoms with Crippen molar-refractivity contribution in [3.05, 3.63) is 75.9 Å². The maximum Gasteiger partial charge on any atom is 0.259 e. The highest BCUT2D eigenvalue weighted by molar-refractivity contribution is 7.80. The number of nitrogens with one attached hydrogen (secondary N) is 1. The Kier molecular flexibility index (Phi) is 6.18. The zero-order valence-corrected chi connectivity index (χ0v) is 18.6. The van der Waals surface area contributed by atoms with E-state index in [1.54, 1.807) is 54.6 Å². The summed E-state index contributed by atoms with van der Waals surface area (Å²) in [7, 11) is 2.95. The highest BCUT2D eigenvalue weighted by Gasteiger charge is 2.22. The Bertz CT molecular complexity index is 1400. The van der Waals surface area contributed by atoms with E-state index in [1.807, 2.05) is 0 Å². The molecule has 1 atom stereocenters. The quantitative estimate of drug-likeness (QED) is 0.368. The Hall–Kier alpha value is -3.33. The van der Waals surface area contributed by atoms with Crippen LogP contribution in [0.3, 0.4) is 0 Å². The summed E-state index contributed by atoms with van der Waals surface area (Å²) in [6.07, 6.45) is 0. The highest BCUT2D eigenvalue weighted by atomic mass is 35.5. The van der Waals surface area contributed by atoms with Crippen molar-refractivity contribution in [2.45, 2.75) is 0 Å². The largest absolute Gasteiger partial charge is 0.496 e. The predicted molar refractivity (Wildman–Crippen MR) is 126 cm³/mol. The summed E-state index contributed by atoms with van der Waals surface area (Å²) in [5, 5.41) is 0.672. The van der Waals surface area contributed by atoms with Crippen LogP contribution in [0.5, 0.6) is 11.5 Å². The molecule has 0 aliphatic carbocycles. The first kappa shape index (κ1) is 21.9. The van der Waals surface area contributed by atoms with Crippen molar-refractivity contribution in [3.8, 4) is 33.9 Å². The molecule has 0 bridgehead atoms. The average Bonchev–Trinajstić information content (AvgIpc) is 2.77. The number of hydrogen-bond acceptors (Lipinski definition) is 5. The van der Waals surface area contributed by atoms with E-state index in [4.69, 9.17) is 25.5 Å². The molecule has 0 amide bonds. The fourth-order valence-electron chi connectivity index (χ4n) is 3.51. The molecule has 2 N–H and O–H groups in total. The maximum absolute atomic E-state index is 13.1. The van der Waals surface area contributed by atoms with Crippen LogP contribution in [0.4, 0.5) is 5.69 Å². The number of anilines is 1. The molecule has 1 heterocycles. The van der Waals surface area contributed by atoms with Gasteiger partial charge < -0.3 is 13.9 Å². The monoisotopic (exact) mass is 471 g/mol. The molecule has 0 saturated heterocycles. The van der Waals surface area contributed by atoms with Gasteiger partial charge in [-0.1, -0.05) is 35.9 Å². The van der Waals surface area contributed by atoms with Crippen LogP contribution in [0.2, 0.25) is 5.02 Å². The van der Waals surface area contributed by atoms with Crippen LogP contribution in [-0.4, -0.2) is 23.0 Å². The first-order valence-electron chi connectivity index (χ1n) is 9.38. The van der Waals surface area contributed by atoms with Crippen molar-refractivity contribution in [2.75, 3.05) is 18.9 Å². The SMILES string of the molecule is COc1cc(OC)c2c(=O)cc(-c3ccccc3Cl)oc2c1-c1cccc(NS(=O)O)c1. The van der Waals surface area contributed by atoms with Gasteiger partial charge in [0.15, 0.2) is 11.0 Å². The minimum atomic E-state index is -2.24. The minimum absolute atomic E-state index is 0.239. The smallest absolute Gasteiger partial charge is 0.259 e. The number of benzene rings is 3. The van der Waals surface area contributed by atoms with E-state index in [-0.39, 0.29) is 22.2 Å². The lowest BCUT2D eigenvalue weighted by Crippen LogP contribution is -2.05. The van der Waals surface area contributed by atoms with Crippen LogP contribution >= 0.6 is 11.6 Å². The molecule has 1 unspecified atom stereocenters. The van der Waals surface area contributed by atoms with Gasteiger partial charge in [0.05, 0.1) is 24.8 Å². The first-order valence-corrected chi connectivity index (χ1v) is 10.9. The fraction of sp³-hybridized carbons (Fsp3) is 0.0870. The van der Waals surface area contributed by atoms with Gasteiger partial charge in [-0.2, -0.15) is 0 Å². The van der Waals surface area contributed by atoms with Crippen molar-refractivity contribution in [2.24, 2.45) is 0 Å². The third-order valence-corrected chi connectivity index (χ3v) is 5.61. The molecular weight excluding hydrogens is 454 g/mol. The number of halogens is 1. The van der Waals surface area contributed by atoms with Crippen molar-refractivity contribution in [3.63, 3.8) is 0 Å². The second-order valence-corrected chi connectivity index (χ2v) is 7.86. The summed E-state index contributed by atoms with van der Waals surface area (Å²) in [6.45, 7) is 0. The van der Waals surface area contributed by atoms with E-state index in [2.05, 4.69) is 4.72 Å². The van der Waals surface area contributed by atoms with Gasteiger partial charge >= 0.3 is 0 Å². The summed E-state index contributed by atoms with van der Waals surface area (Å²) < 4.78 is 40.1. The molecule has 1 aromatic heterocycles. The molecule has 0 aliphatic rings. The summed E-state index contributed by atoms with van der Waals surface area (Å²) >= 11 is 4.09. The number of hydrogen-bond donors (Lipinski definition) is 2. The standard InChI is InChI=1S/C23H18ClNO6S/c1-29-19-12-20(30-2)22-17(26)11-18(15-8-3-4-9-16(15)24)31-23(22)21(19)13-6-5-7-14(10-13)25-32(27)28/h3-12,25H,1-2H3,(H,27,28). The zero-order chi connectivity index (χ0) is 22.8. The second kappa shape index (κ2) is 9.04. The molecule has 32 heavy (non-hydrogen) atoms. The lowest BCUT2D eigenvalue weighted by molar-refractivity contribution is 0.397. The van der Waals surface area contributed by atoms with E-state index in [0.29, 0.717) is 38.9 Å². The fourth-order valence-corrected chi connectivity index (χ4v) is 4.06. The molecule has 3 aromatic carbocycles. The maximum atomic E-state index is 13.1. The molecule has 0 spiro atoms. The molecule has 0 fully saturated rings. The molecule has 0 saturated carbocycles. The van der Waals surface area contributed by atoms with Gasteiger partial charge in [0.25, 0.3) is 11.3 Å². The second-order valence-electron chi connectivity index (χ2n) is 6.75. The summed E-state index contributed by atoms with van der Waals surface area (Å²) in [6, 6.07) is 16.8. The van der Waals surface area contributed by atoms with Gasteiger partial charge in [-0.15, -0.1) is 0 Å². The molecule has 9 heteroatoms. The van der Waals surface area contributed by atoms with Crippen LogP contribution < -0.4 is 19.6 Å². The summed E-state index contributed by atoms with van der Waals surface area (Å²) in [5.41, 5.74) is 1.98. The van der Waals surface area contributed by atoms with Gasteiger partial charge in [-0.05, 0) is 29.8 Å². The van der Waals surface area contributed by atoms with E-state index in [0.717, 1.165) is 0 Å². The first-order chi connectivity index (χ1) is 15.4. The summed E-state index contributed by atoms with van der Waals surface area (Å²) in [4.78, 5) is 13.1. The number of fused-ring (bicyclic) bond motifs is 1. The number of ether oxygens (including phenoxy) is 2. The van der Waals surface area contributed by atoms with Gasteiger partial charge in [-0.3, -0.25) is 14.1 Å². The molecule has 4 aromatic rings. The van der Waals surface area contributed by atoms with Gasteiger partial charge in [-0.25, -0.2) is 4.21 Å². The molecule has 164 valence electrons. The van der Waals surface area contributed by atoms with E-state index >= 15 is 0 Å². The lowest BCUT2D eigenvalue weighted by atomic mass is 9.99. The third kappa shape index (κ3) is 4.08. The number of methoxy groups -OCH3 is 2. The van der Waals surface area contributed by atoms with Crippen molar-refractivity contribution < 1.29 is 22.7 Å². The van der Waals surface area contributed by atoms with E-state index in [1.165, 1.54) is 20.3 Å². The van der Waals surface area contributed by atoms with Gasteiger partial charge in [0.1, 0.15) is 22.6 Å². The van der Waals surface area contributed by atoms with Crippen molar-refractivity contribution in [1.29, 1.82) is 0 Å². The molecular formula is C23H18ClNO6S. The van der Waals surface area contributed by atoms with Crippen molar-refractivity contribution >= 4 is 39.5 Å². The average molecular weight is 472 g/mol. The Labute approximate surface area is 191 Å². The minimum Gasteiger partial charge on any atom is -0.496 e. The Balaban J connectivity index is 2.09. The highest BCUT2D eigenvalue weighted by Crippen LogP contribution is 2.43. The molecule has 4 rings (SSSR count). The van der Waals surface area contributed by atoms with Crippen LogP contribution in [0.15, 0.2) is 69.9 Å². The van der Waals surface area contributed by atoms with Gasteiger partial charge in [0.2, 0.25) is 0 Å². The normalized spacial score (nSPS) is 11.9. The van der Waals surface area contributed by atoms with E-state index < -0.39 is 11.3 Å². The summed E-state index contributed by atoms with van der Waals surface area (Å²) in [5.74, 6) is 0.984. The predicted octanol–water partition coefficient (Wildman–Crippen LogP) is 5.35. The van der Waals surface area contributed by atoms with E-state index in [9.17, 15) is 13.6 Å². The topological polar surface area (TPSA) is 98.0 Å². The van der Waals surface area contributed by atoms with Crippen LogP contribution in [-0.2, 0) is 11.3 Å². The van der Waals surface area contributed by atoms with Crippen LogP contribution in [0.25, 0.3) is 33.4 Å². The molecule has 7 nitrogen and oxygen atoms in total. The Morgan fingerprint density at radius 3 is 2.44 bits per heavy atom. The van der Waals surface area contributed by atoms with Crippen LogP contribution in [0.1, 0.15) is 0 Å². The molecule has 0 radical (unpaired) electrons. The zero-order valence-electron chi connectivity index (χ0n) is 17.0. The Morgan fingerprint density at radius 2 is 1.75 bits per heavy atom. The molecule has 0 aliphatic heterocycles.